The average molecular weight is 375 g/mol. The number of halogens is 1. The van der Waals surface area contributed by atoms with Gasteiger partial charge in [0.1, 0.15) is 5.82 Å². The second-order valence-electron chi connectivity index (χ2n) is 7.63. The number of hydrogen-bond donors (Lipinski definition) is 2. The van der Waals surface area contributed by atoms with Gasteiger partial charge in [-0.05, 0) is 65.9 Å². The molecule has 142 valence electrons. The van der Waals surface area contributed by atoms with Crippen LogP contribution in [-0.2, 0) is 0 Å². The van der Waals surface area contributed by atoms with Gasteiger partial charge < -0.3 is 10.1 Å². The molecule has 5 rings (SSSR count). The highest BCUT2D eigenvalue weighted by atomic mass is 19.1. The van der Waals surface area contributed by atoms with Crippen molar-refractivity contribution < 1.29 is 9.50 Å². The number of aliphatic hydroxyl groups excluding tert-OH is 1. The highest BCUT2D eigenvalue weighted by molar-refractivity contribution is 5.91. The quantitative estimate of drug-likeness (QED) is 0.725. The van der Waals surface area contributed by atoms with E-state index in [2.05, 4.69) is 27.1 Å². The van der Waals surface area contributed by atoms with E-state index in [9.17, 15) is 9.50 Å². The average Bonchev–Trinajstić information content (AvgIpc) is 3.31. The Hall–Kier alpha value is -2.76. The minimum atomic E-state index is -0.240. The number of hydrogen-bond acceptors (Lipinski definition) is 3. The summed E-state index contributed by atoms with van der Waals surface area (Å²) in [5.74, 6) is -0.240. The Morgan fingerprint density at radius 2 is 1.86 bits per heavy atom. The molecule has 2 aromatic heterocycles. The topological polar surface area (TPSA) is 52.1 Å². The van der Waals surface area contributed by atoms with E-state index in [0.29, 0.717) is 6.04 Å². The molecule has 1 saturated heterocycles. The standard InChI is InChI=1S/C23H22FN3O/c24-18-3-1-16(2-4-18)23-22(15-5-8-25-9-6-15)21(13-26-23)17-7-10-27-14-20(28)12-19(27)11-17/h1-9,13,19-20,26,28H,10-12,14H2/t19-,20-/m1/s1. The van der Waals surface area contributed by atoms with Crippen LogP contribution in [-0.4, -0.2) is 45.2 Å². The molecule has 4 heterocycles. The van der Waals surface area contributed by atoms with Crippen LogP contribution < -0.4 is 0 Å². The van der Waals surface area contributed by atoms with Gasteiger partial charge in [-0.2, -0.15) is 0 Å². The van der Waals surface area contributed by atoms with Crippen molar-refractivity contribution in [3.05, 3.63) is 72.4 Å². The number of rotatable bonds is 3. The number of aromatic amines is 1. The Bertz CT molecular complexity index is 1010. The molecule has 0 bridgehead atoms. The predicted molar refractivity (Wildman–Crippen MR) is 108 cm³/mol. The van der Waals surface area contributed by atoms with Gasteiger partial charge in [0.2, 0.25) is 0 Å². The molecule has 0 amide bonds. The molecule has 4 nitrogen and oxygen atoms in total. The second kappa shape index (κ2) is 7.00. The Morgan fingerprint density at radius 1 is 1.07 bits per heavy atom. The summed E-state index contributed by atoms with van der Waals surface area (Å²) in [6, 6.07) is 11.0. The van der Waals surface area contributed by atoms with E-state index in [1.54, 1.807) is 24.5 Å². The maximum Gasteiger partial charge on any atom is 0.123 e. The molecule has 0 unspecified atom stereocenters. The molecule has 2 N–H and O–H groups in total. The fraction of sp³-hybridized carbons (Fsp3) is 0.261. The van der Waals surface area contributed by atoms with Crippen molar-refractivity contribution >= 4 is 5.57 Å². The summed E-state index contributed by atoms with van der Waals surface area (Å²) in [6.45, 7) is 1.63. The van der Waals surface area contributed by atoms with Crippen molar-refractivity contribution in [2.45, 2.75) is 25.0 Å². The second-order valence-corrected chi connectivity index (χ2v) is 7.63. The summed E-state index contributed by atoms with van der Waals surface area (Å²) in [5, 5.41) is 10.0. The lowest BCUT2D eigenvalue weighted by Gasteiger charge is -2.29. The van der Waals surface area contributed by atoms with Crippen LogP contribution in [0.1, 0.15) is 18.4 Å². The van der Waals surface area contributed by atoms with Gasteiger partial charge in [-0.3, -0.25) is 9.88 Å². The molecule has 3 aromatic rings. The number of nitrogens with zero attached hydrogens (tertiary/aromatic N) is 2. The van der Waals surface area contributed by atoms with Gasteiger partial charge in [-0.15, -0.1) is 0 Å². The highest BCUT2D eigenvalue weighted by Crippen LogP contribution is 2.41. The number of aliphatic hydroxyl groups is 1. The van der Waals surface area contributed by atoms with Crippen molar-refractivity contribution in [2.75, 3.05) is 13.1 Å². The van der Waals surface area contributed by atoms with E-state index in [4.69, 9.17) is 0 Å². The maximum atomic E-state index is 13.4. The zero-order valence-corrected chi connectivity index (χ0v) is 15.5. The third-order valence-electron chi connectivity index (χ3n) is 5.86. The lowest BCUT2D eigenvalue weighted by atomic mass is 9.89. The number of benzene rings is 1. The summed E-state index contributed by atoms with van der Waals surface area (Å²) in [6.07, 6.45) is 9.46. The van der Waals surface area contributed by atoms with E-state index < -0.39 is 0 Å². The Kier molecular flexibility index (Phi) is 4.34. The molecule has 2 aliphatic heterocycles. The number of pyridine rings is 1. The molecule has 0 spiro atoms. The van der Waals surface area contributed by atoms with Gasteiger partial charge in [0.05, 0.1) is 11.8 Å². The van der Waals surface area contributed by atoms with E-state index >= 15 is 0 Å². The lowest BCUT2D eigenvalue weighted by molar-refractivity contribution is 0.179. The minimum absolute atomic E-state index is 0.224. The number of aromatic nitrogens is 2. The summed E-state index contributed by atoms with van der Waals surface area (Å²) in [5.41, 5.74) is 6.61. The van der Waals surface area contributed by atoms with Gasteiger partial charge in [0.15, 0.2) is 0 Å². The van der Waals surface area contributed by atoms with Crippen LogP contribution in [0, 0.1) is 5.82 Å². The van der Waals surface area contributed by atoms with Crippen molar-refractivity contribution in [3.8, 4) is 22.4 Å². The predicted octanol–water partition coefficient (Wildman–Crippen LogP) is 4.11. The zero-order chi connectivity index (χ0) is 19.1. The third kappa shape index (κ3) is 3.07. The van der Waals surface area contributed by atoms with Crippen molar-refractivity contribution in [3.63, 3.8) is 0 Å². The van der Waals surface area contributed by atoms with Crippen LogP contribution in [0.15, 0.2) is 61.1 Å². The molecule has 2 atom stereocenters. The summed E-state index contributed by atoms with van der Waals surface area (Å²) in [4.78, 5) is 9.94. The first-order valence-corrected chi connectivity index (χ1v) is 9.68. The Balaban J connectivity index is 1.60. The van der Waals surface area contributed by atoms with Crippen LogP contribution in [0.2, 0.25) is 0 Å². The highest BCUT2D eigenvalue weighted by Gasteiger charge is 2.34. The summed E-state index contributed by atoms with van der Waals surface area (Å²) in [7, 11) is 0. The Morgan fingerprint density at radius 3 is 2.64 bits per heavy atom. The van der Waals surface area contributed by atoms with Crippen LogP contribution in [0.25, 0.3) is 28.0 Å². The molecule has 28 heavy (non-hydrogen) atoms. The van der Waals surface area contributed by atoms with Gasteiger partial charge in [0.25, 0.3) is 0 Å². The van der Waals surface area contributed by atoms with Crippen LogP contribution >= 0.6 is 0 Å². The smallest absolute Gasteiger partial charge is 0.123 e. The molecule has 0 aliphatic carbocycles. The number of nitrogens with one attached hydrogen (secondary N) is 1. The van der Waals surface area contributed by atoms with Crippen LogP contribution in [0.4, 0.5) is 4.39 Å². The maximum absolute atomic E-state index is 13.4. The van der Waals surface area contributed by atoms with Crippen molar-refractivity contribution in [1.29, 1.82) is 0 Å². The summed E-state index contributed by atoms with van der Waals surface area (Å²) >= 11 is 0. The molecular formula is C23H22FN3O. The molecular weight excluding hydrogens is 353 g/mol. The molecule has 1 aromatic carbocycles. The largest absolute Gasteiger partial charge is 0.392 e. The normalized spacial score (nSPS) is 22.1. The van der Waals surface area contributed by atoms with Crippen molar-refractivity contribution in [1.82, 2.24) is 14.9 Å². The van der Waals surface area contributed by atoms with Gasteiger partial charge in [-0.25, -0.2) is 4.39 Å². The molecule has 1 fully saturated rings. The molecule has 2 aliphatic rings. The first-order chi connectivity index (χ1) is 13.7. The van der Waals surface area contributed by atoms with E-state index in [0.717, 1.165) is 48.3 Å². The first-order valence-electron chi connectivity index (χ1n) is 9.68. The van der Waals surface area contributed by atoms with Gasteiger partial charge in [-0.1, -0.05) is 6.08 Å². The van der Waals surface area contributed by atoms with Crippen molar-refractivity contribution in [2.24, 2.45) is 0 Å². The fourth-order valence-electron chi connectivity index (χ4n) is 4.52. The van der Waals surface area contributed by atoms with Gasteiger partial charge >= 0.3 is 0 Å². The Labute approximate surface area is 163 Å². The summed E-state index contributed by atoms with van der Waals surface area (Å²) < 4.78 is 13.4. The molecule has 0 radical (unpaired) electrons. The lowest BCUT2D eigenvalue weighted by Crippen LogP contribution is -2.33. The zero-order valence-electron chi connectivity index (χ0n) is 15.5. The number of fused-ring (bicyclic) bond motifs is 1. The molecule has 0 saturated carbocycles. The molecule has 5 heteroatoms. The van der Waals surface area contributed by atoms with E-state index in [-0.39, 0.29) is 11.9 Å². The van der Waals surface area contributed by atoms with Crippen LogP contribution in [0.5, 0.6) is 0 Å². The van der Waals surface area contributed by atoms with E-state index in [1.165, 1.54) is 23.3 Å². The van der Waals surface area contributed by atoms with E-state index in [1.807, 2.05) is 12.1 Å². The third-order valence-corrected chi connectivity index (χ3v) is 5.86. The van der Waals surface area contributed by atoms with Gasteiger partial charge in [0, 0.05) is 48.8 Å². The first kappa shape index (κ1) is 17.3. The minimum Gasteiger partial charge on any atom is -0.392 e. The van der Waals surface area contributed by atoms with Crippen LogP contribution in [0.3, 0.4) is 0 Å². The number of H-pyrrole nitrogens is 1. The fourth-order valence-corrected chi connectivity index (χ4v) is 4.52. The monoisotopic (exact) mass is 375 g/mol. The SMILES string of the molecule is O[C@@H]1C[C@H]2CC(c3c[nH]c(-c4ccc(F)cc4)c3-c3ccncc3)=CCN2C1.